The zero-order chi connectivity index (χ0) is 13.0. The number of benzene rings is 1. The molecule has 1 aromatic carbocycles. The van der Waals surface area contributed by atoms with Crippen molar-refractivity contribution in [3.8, 4) is 6.07 Å². The molecule has 0 aromatic heterocycles. The topological polar surface area (TPSA) is 33.0 Å². The van der Waals surface area contributed by atoms with Gasteiger partial charge in [0.1, 0.15) is 0 Å². The molecule has 0 bridgehead atoms. The summed E-state index contributed by atoms with van der Waals surface area (Å²) >= 11 is 0. The second-order valence-corrected chi connectivity index (χ2v) is 5.99. The highest BCUT2D eigenvalue weighted by atomic mass is 16.5. The van der Waals surface area contributed by atoms with Gasteiger partial charge in [0, 0.05) is 0 Å². The molecule has 96 valence electrons. The van der Waals surface area contributed by atoms with Gasteiger partial charge in [0.25, 0.3) is 0 Å². The summed E-state index contributed by atoms with van der Waals surface area (Å²) in [5.74, 6) is 0. The van der Waals surface area contributed by atoms with E-state index in [0.717, 1.165) is 18.4 Å². The molecule has 0 amide bonds. The largest absolute Gasteiger partial charge is 0.374 e. The molecule has 2 rings (SSSR count). The van der Waals surface area contributed by atoms with Crippen LogP contribution < -0.4 is 0 Å². The molecule has 18 heavy (non-hydrogen) atoms. The van der Waals surface area contributed by atoms with E-state index in [1.807, 2.05) is 24.3 Å². The SMILES string of the molecule is CC1(C)CCC(OCc2cccc(C#N)c2)CC1. The first-order valence-corrected chi connectivity index (χ1v) is 6.70. The van der Waals surface area contributed by atoms with Crippen molar-refractivity contribution in [3.63, 3.8) is 0 Å². The molecule has 1 fully saturated rings. The highest BCUT2D eigenvalue weighted by molar-refractivity contribution is 5.32. The minimum atomic E-state index is 0.392. The van der Waals surface area contributed by atoms with Gasteiger partial charge in [-0.05, 0) is 48.8 Å². The Hall–Kier alpha value is -1.33. The third-order valence-corrected chi connectivity index (χ3v) is 3.83. The number of ether oxygens (including phenoxy) is 1. The highest BCUT2D eigenvalue weighted by Crippen LogP contribution is 2.36. The Morgan fingerprint density at radius 1 is 1.33 bits per heavy atom. The van der Waals surface area contributed by atoms with Crippen molar-refractivity contribution in [1.82, 2.24) is 0 Å². The van der Waals surface area contributed by atoms with E-state index in [9.17, 15) is 0 Å². The predicted octanol–water partition coefficient (Wildman–Crippen LogP) is 4.04. The van der Waals surface area contributed by atoms with Crippen molar-refractivity contribution in [2.75, 3.05) is 0 Å². The Balaban J connectivity index is 1.83. The van der Waals surface area contributed by atoms with Gasteiger partial charge in [-0.2, -0.15) is 5.26 Å². The van der Waals surface area contributed by atoms with Crippen LogP contribution in [0.1, 0.15) is 50.7 Å². The average molecular weight is 243 g/mol. The van der Waals surface area contributed by atoms with Crippen molar-refractivity contribution < 1.29 is 4.74 Å². The van der Waals surface area contributed by atoms with Crippen LogP contribution in [0.4, 0.5) is 0 Å². The molecule has 1 aliphatic carbocycles. The molecule has 1 aliphatic rings. The second kappa shape index (κ2) is 5.54. The van der Waals surface area contributed by atoms with E-state index < -0.39 is 0 Å². The number of hydrogen-bond acceptors (Lipinski definition) is 2. The lowest BCUT2D eigenvalue weighted by molar-refractivity contribution is -0.00559. The van der Waals surface area contributed by atoms with Crippen LogP contribution in [0.15, 0.2) is 24.3 Å². The van der Waals surface area contributed by atoms with Gasteiger partial charge in [-0.3, -0.25) is 0 Å². The summed E-state index contributed by atoms with van der Waals surface area (Å²) in [6.07, 6.45) is 5.20. The maximum Gasteiger partial charge on any atom is 0.0991 e. The minimum absolute atomic E-state index is 0.392. The van der Waals surface area contributed by atoms with Gasteiger partial charge in [0.05, 0.1) is 24.3 Å². The Kier molecular flexibility index (Phi) is 4.04. The van der Waals surface area contributed by atoms with Gasteiger partial charge < -0.3 is 4.74 Å². The van der Waals surface area contributed by atoms with Crippen LogP contribution in [-0.4, -0.2) is 6.10 Å². The van der Waals surface area contributed by atoms with Crippen LogP contribution in [-0.2, 0) is 11.3 Å². The molecule has 2 nitrogen and oxygen atoms in total. The molecule has 0 N–H and O–H groups in total. The maximum absolute atomic E-state index is 8.85. The van der Waals surface area contributed by atoms with Crippen LogP contribution in [0.3, 0.4) is 0 Å². The Bertz CT molecular complexity index is 435. The van der Waals surface area contributed by atoms with Crippen LogP contribution in [0.5, 0.6) is 0 Å². The summed E-state index contributed by atoms with van der Waals surface area (Å²) in [5, 5.41) is 8.85. The fourth-order valence-electron chi connectivity index (χ4n) is 2.48. The van der Waals surface area contributed by atoms with Gasteiger partial charge >= 0.3 is 0 Å². The lowest BCUT2D eigenvalue weighted by Crippen LogP contribution is -2.26. The summed E-state index contributed by atoms with van der Waals surface area (Å²) in [7, 11) is 0. The molecular formula is C16H21NO. The average Bonchev–Trinajstić information content (AvgIpc) is 2.38. The summed E-state index contributed by atoms with van der Waals surface area (Å²) in [4.78, 5) is 0. The number of hydrogen-bond donors (Lipinski definition) is 0. The highest BCUT2D eigenvalue weighted by Gasteiger charge is 2.27. The molecule has 0 radical (unpaired) electrons. The lowest BCUT2D eigenvalue weighted by Gasteiger charge is -2.34. The standard InChI is InChI=1S/C16H21NO/c1-16(2)8-6-15(7-9-16)18-12-14-5-3-4-13(10-14)11-17/h3-5,10,15H,6-9,12H2,1-2H3. The smallest absolute Gasteiger partial charge is 0.0991 e. The first-order valence-electron chi connectivity index (χ1n) is 6.70. The van der Waals surface area contributed by atoms with Gasteiger partial charge in [-0.15, -0.1) is 0 Å². The normalized spacial score (nSPS) is 19.4. The molecule has 1 saturated carbocycles. The van der Waals surface area contributed by atoms with E-state index in [0.29, 0.717) is 23.7 Å². The molecule has 0 atom stereocenters. The second-order valence-electron chi connectivity index (χ2n) is 5.99. The lowest BCUT2D eigenvalue weighted by atomic mass is 9.76. The molecular weight excluding hydrogens is 222 g/mol. The number of rotatable bonds is 3. The van der Waals surface area contributed by atoms with E-state index >= 15 is 0 Å². The summed E-state index contributed by atoms with van der Waals surface area (Å²) in [6, 6.07) is 9.84. The van der Waals surface area contributed by atoms with Gasteiger partial charge in [-0.25, -0.2) is 0 Å². The molecule has 0 heterocycles. The van der Waals surface area contributed by atoms with E-state index in [1.54, 1.807) is 0 Å². The summed E-state index contributed by atoms with van der Waals surface area (Å²) in [5.41, 5.74) is 2.29. The van der Waals surface area contributed by atoms with Crippen molar-refractivity contribution >= 4 is 0 Å². The Morgan fingerprint density at radius 3 is 2.72 bits per heavy atom. The van der Waals surface area contributed by atoms with E-state index in [4.69, 9.17) is 10.00 Å². The molecule has 0 saturated heterocycles. The van der Waals surface area contributed by atoms with Crippen LogP contribution in [0.25, 0.3) is 0 Å². The third-order valence-electron chi connectivity index (χ3n) is 3.83. The van der Waals surface area contributed by atoms with Gasteiger partial charge in [-0.1, -0.05) is 26.0 Å². The van der Waals surface area contributed by atoms with Crippen LogP contribution in [0.2, 0.25) is 0 Å². The zero-order valence-electron chi connectivity index (χ0n) is 11.3. The first-order chi connectivity index (χ1) is 8.59. The van der Waals surface area contributed by atoms with Gasteiger partial charge in [0.2, 0.25) is 0 Å². The van der Waals surface area contributed by atoms with Crippen LogP contribution >= 0.6 is 0 Å². The number of nitrogens with zero attached hydrogens (tertiary/aromatic N) is 1. The quantitative estimate of drug-likeness (QED) is 0.802. The molecule has 1 aromatic rings. The van der Waals surface area contributed by atoms with E-state index in [-0.39, 0.29) is 0 Å². The van der Waals surface area contributed by atoms with E-state index in [2.05, 4.69) is 19.9 Å². The van der Waals surface area contributed by atoms with Crippen molar-refractivity contribution in [1.29, 1.82) is 5.26 Å². The van der Waals surface area contributed by atoms with Gasteiger partial charge in [0.15, 0.2) is 0 Å². The molecule has 0 spiro atoms. The fourth-order valence-corrected chi connectivity index (χ4v) is 2.48. The Morgan fingerprint density at radius 2 is 2.06 bits per heavy atom. The molecule has 0 unspecified atom stereocenters. The first kappa shape index (κ1) is 13.1. The summed E-state index contributed by atoms with van der Waals surface area (Å²) < 4.78 is 5.95. The van der Waals surface area contributed by atoms with Crippen molar-refractivity contribution in [2.24, 2.45) is 5.41 Å². The number of nitriles is 1. The molecule has 0 aliphatic heterocycles. The maximum atomic E-state index is 8.85. The molecule has 2 heteroatoms. The van der Waals surface area contributed by atoms with Crippen molar-refractivity contribution in [3.05, 3.63) is 35.4 Å². The predicted molar refractivity (Wildman–Crippen MR) is 72.0 cm³/mol. The van der Waals surface area contributed by atoms with Crippen LogP contribution in [0, 0.1) is 16.7 Å². The Labute approximate surface area is 110 Å². The summed E-state index contributed by atoms with van der Waals surface area (Å²) in [6.45, 7) is 5.29. The third kappa shape index (κ3) is 3.58. The van der Waals surface area contributed by atoms with Crippen molar-refractivity contribution in [2.45, 2.75) is 52.2 Å². The monoisotopic (exact) mass is 243 g/mol. The fraction of sp³-hybridized carbons (Fsp3) is 0.562. The van der Waals surface area contributed by atoms with E-state index in [1.165, 1.54) is 12.8 Å². The zero-order valence-corrected chi connectivity index (χ0v) is 11.3. The minimum Gasteiger partial charge on any atom is -0.374 e.